The predicted octanol–water partition coefficient (Wildman–Crippen LogP) is 3.34. The van der Waals surface area contributed by atoms with Gasteiger partial charge in [-0.1, -0.05) is 24.3 Å². The number of benzene rings is 2. The third-order valence-corrected chi connectivity index (χ3v) is 3.91. The molecule has 0 saturated heterocycles. The van der Waals surface area contributed by atoms with Gasteiger partial charge in [0.2, 0.25) is 4.77 Å². The Bertz CT molecular complexity index is 991. The van der Waals surface area contributed by atoms with Crippen LogP contribution in [0, 0.1) is 10.6 Å². The summed E-state index contributed by atoms with van der Waals surface area (Å²) in [4.78, 5) is 11.4. The van der Waals surface area contributed by atoms with Crippen LogP contribution >= 0.6 is 12.2 Å². The first-order chi connectivity index (χ1) is 12.6. The molecule has 8 heteroatoms. The molecule has 0 aliphatic heterocycles. The topological polar surface area (TPSA) is 72.3 Å². The van der Waals surface area contributed by atoms with Gasteiger partial charge in [0.05, 0.1) is 18.9 Å². The summed E-state index contributed by atoms with van der Waals surface area (Å²) in [7, 11) is 1.33. The van der Waals surface area contributed by atoms with Crippen molar-refractivity contribution in [1.29, 1.82) is 0 Å². The van der Waals surface area contributed by atoms with Gasteiger partial charge in [-0.05, 0) is 47.6 Å². The molecule has 3 rings (SSSR count). The SMILES string of the molecule is COC(=O)c1ccc(/C=N\n2c(Cc3ccc(F)cc3)n[nH]c2=S)cc1. The van der Waals surface area contributed by atoms with E-state index in [4.69, 9.17) is 12.2 Å². The van der Waals surface area contributed by atoms with E-state index in [9.17, 15) is 9.18 Å². The number of esters is 1. The minimum atomic E-state index is -0.396. The van der Waals surface area contributed by atoms with Crippen LogP contribution in [0.4, 0.5) is 4.39 Å². The Morgan fingerprint density at radius 3 is 2.62 bits per heavy atom. The number of halogens is 1. The monoisotopic (exact) mass is 370 g/mol. The maximum atomic E-state index is 13.0. The molecule has 1 aromatic heterocycles. The van der Waals surface area contributed by atoms with Gasteiger partial charge in [0.1, 0.15) is 5.82 Å². The first kappa shape index (κ1) is 17.7. The Kier molecular flexibility index (Phi) is 5.33. The molecule has 0 radical (unpaired) electrons. The normalized spacial score (nSPS) is 11.0. The molecule has 0 fully saturated rings. The number of nitrogens with zero attached hydrogens (tertiary/aromatic N) is 3. The zero-order valence-electron chi connectivity index (χ0n) is 13.8. The molecule has 2 aromatic carbocycles. The molecule has 0 spiro atoms. The smallest absolute Gasteiger partial charge is 0.337 e. The van der Waals surface area contributed by atoms with Crippen LogP contribution in [0.5, 0.6) is 0 Å². The average Bonchev–Trinajstić information content (AvgIpc) is 3.01. The van der Waals surface area contributed by atoms with E-state index in [1.54, 1.807) is 42.6 Å². The summed E-state index contributed by atoms with van der Waals surface area (Å²) < 4.78 is 19.5. The molecule has 1 heterocycles. The van der Waals surface area contributed by atoms with Crippen molar-refractivity contribution in [3.05, 3.63) is 81.6 Å². The summed E-state index contributed by atoms with van der Waals surface area (Å²) in [6.07, 6.45) is 2.06. The van der Waals surface area contributed by atoms with Crippen molar-refractivity contribution in [3.63, 3.8) is 0 Å². The van der Waals surface area contributed by atoms with E-state index in [2.05, 4.69) is 20.0 Å². The second-order valence-electron chi connectivity index (χ2n) is 5.42. The van der Waals surface area contributed by atoms with Gasteiger partial charge in [-0.15, -0.1) is 0 Å². The number of nitrogens with one attached hydrogen (secondary N) is 1. The van der Waals surface area contributed by atoms with Crippen LogP contribution in [0.2, 0.25) is 0 Å². The standard InChI is InChI=1S/C18H15FN4O2S/c1-25-17(24)14-6-2-13(3-7-14)11-20-23-16(21-22-18(23)26)10-12-4-8-15(19)9-5-12/h2-9,11H,10H2,1H3,(H,22,26)/b20-11-. The first-order valence-corrected chi connectivity index (χ1v) is 8.11. The van der Waals surface area contributed by atoms with Crippen LogP contribution in [0.25, 0.3) is 0 Å². The van der Waals surface area contributed by atoms with Gasteiger partial charge in [-0.2, -0.15) is 14.9 Å². The highest BCUT2D eigenvalue weighted by Gasteiger charge is 2.07. The van der Waals surface area contributed by atoms with Gasteiger partial charge < -0.3 is 4.74 Å². The summed E-state index contributed by atoms with van der Waals surface area (Å²) in [5.74, 6) is -0.0859. The number of H-pyrrole nitrogens is 1. The Balaban J connectivity index is 1.80. The second kappa shape index (κ2) is 7.83. The highest BCUT2D eigenvalue weighted by atomic mass is 32.1. The number of aromatic amines is 1. The Morgan fingerprint density at radius 1 is 1.27 bits per heavy atom. The van der Waals surface area contributed by atoms with Gasteiger partial charge in [0.15, 0.2) is 5.82 Å². The fourth-order valence-corrected chi connectivity index (χ4v) is 2.49. The van der Waals surface area contributed by atoms with Crippen LogP contribution in [-0.2, 0) is 11.2 Å². The number of ether oxygens (including phenoxy) is 1. The summed E-state index contributed by atoms with van der Waals surface area (Å²) in [5, 5.41) is 11.2. The van der Waals surface area contributed by atoms with Gasteiger partial charge in [-0.25, -0.2) is 9.18 Å². The minimum Gasteiger partial charge on any atom is -0.465 e. The molecular formula is C18H15FN4O2S. The van der Waals surface area contributed by atoms with Crippen molar-refractivity contribution in [2.75, 3.05) is 7.11 Å². The molecule has 132 valence electrons. The Morgan fingerprint density at radius 2 is 1.96 bits per heavy atom. The van der Waals surface area contributed by atoms with E-state index in [-0.39, 0.29) is 5.82 Å². The lowest BCUT2D eigenvalue weighted by Crippen LogP contribution is -2.02. The molecule has 0 bridgehead atoms. The molecule has 3 aromatic rings. The molecule has 26 heavy (non-hydrogen) atoms. The van der Waals surface area contributed by atoms with E-state index >= 15 is 0 Å². The van der Waals surface area contributed by atoms with Crippen LogP contribution in [-0.4, -0.2) is 34.2 Å². The molecule has 0 amide bonds. The number of aromatic nitrogens is 3. The molecule has 0 atom stereocenters. The van der Waals surface area contributed by atoms with Crippen LogP contribution in [0.15, 0.2) is 53.6 Å². The number of hydrogen-bond acceptors (Lipinski definition) is 5. The predicted molar refractivity (Wildman–Crippen MR) is 97.4 cm³/mol. The Hall–Kier alpha value is -3.13. The van der Waals surface area contributed by atoms with Crippen molar-refractivity contribution in [3.8, 4) is 0 Å². The summed E-state index contributed by atoms with van der Waals surface area (Å²) in [6, 6.07) is 13.0. The summed E-state index contributed by atoms with van der Waals surface area (Å²) in [5.41, 5.74) is 2.13. The maximum Gasteiger partial charge on any atom is 0.337 e. The van der Waals surface area contributed by atoms with Crippen molar-refractivity contribution in [2.45, 2.75) is 6.42 Å². The molecular weight excluding hydrogens is 355 g/mol. The second-order valence-corrected chi connectivity index (χ2v) is 5.80. The molecule has 0 aliphatic carbocycles. The lowest BCUT2D eigenvalue weighted by Gasteiger charge is -2.02. The highest BCUT2D eigenvalue weighted by molar-refractivity contribution is 7.71. The molecule has 0 aliphatic rings. The van der Waals surface area contributed by atoms with E-state index in [1.807, 2.05) is 0 Å². The van der Waals surface area contributed by atoms with Crippen LogP contribution < -0.4 is 0 Å². The van der Waals surface area contributed by atoms with Crippen molar-refractivity contribution in [2.24, 2.45) is 5.10 Å². The lowest BCUT2D eigenvalue weighted by atomic mass is 10.1. The zero-order chi connectivity index (χ0) is 18.5. The summed E-state index contributed by atoms with van der Waals surface area (Å²) >= 11 is 5.21. The van der Waals surface area contributed by atoms with Crippen molar-refractivity contribution >= 4 is 24.4 Å². The van der Waals surface area contributed by atoms with Crippen molar-refractivity contribution < 1.29 is 13.9 Å². The first-order valence-electron chi connectivity index (χ1n) is 7.70. The van der Waals surface area contributed by atoms with E-state index < -0.39 is 5.97 Å². The molecule has 0 unspecified atom stereocenters. The number of carbonyl (C=O) groups is 1. The van der Waals surface area contributed by atoms with E-state index in [0.29, 0.717) is 22.6 Å². The third-order valence-electron chi connectivity index (χ3n) is 3.65. The number of hydrogen-bond donors (Lipinski definition) is 1. The van der Waals surface area contributed by atoms with Gasteiger partial charge in [0, 0.05) is 6.42 Å². The summed E-state index contributed by atoms with van der Waals surface area (Å²) in [6.45, 7) is 0. The molecule has 1 N–H and O–H groups in total. The van der Waals surface area contributed by atoms with Crippen LogP contribution in [0.3, 0.4) is 0 Å². The highest BCUT2D eigenvalue weighted by Crippen LogP contribution is 2.10. The molecule has 0 saturated carbocycles. The lowest BCUT2D eigenvalue weighted by molar-refractivity contribution is 0.0600. The number of methoxy groups -OCH3 is 1. The van der Waals surface area contributed by atoms with Gasteiger partial charge in [-0.3, -0.25) is 5.10 Å². The minimum absolute atomic E-state index is 0.291. The molecule has 6 nitrogen and oxygen atoms in total. The van der Waals surface area contributed by atoms with E-state index in [1.165, 1.54) is 23.9 Å². The fraction of sp³-hybridized carbons (Fsp3) is 0.111. The number of carbonyl (C=O) groups excluding carboxylic acids is 1. The number of rotatable bonds is 5. The Labute approximate surface area is 153 Å². The fourth-order valence-electron chi connectivity index (χ4n) is 2.29. The average molecular weight is 370 g/mol. The largest absolute Gasteiger partial charge is 0.465 e. The van der Waals surface area contributed by atoms with Gasteiger partial charge in [0.25, 0.3) is 0 Å². The zero-order valence-corrected chi connectivity index (χ0v) is 14.7. The third kappa shape index (κ3) is 4.09. The van der Waals surface area contributed by atoms with Crippen molar-refractivity contribution in [1.82, 2.24) is 14.9 Å². The maximum absolute atomic E-state index is 13.0. The van der Waals surface area contributed by atoms with Crippen LogP contribution in [0.1, 0.15) is 27.3 Å². The van der Waals surface area contributed by atoms with Gasteiger partial charge >= 0.3 is 5.97 Å². The quantitative estimate of drug-likeness (QED) is 0.425. The van der Waals surface area contributed by atoms with E-state index in [0.717, 1.165) is 11.1 Å².